The van der Waals surface area contributed by atoms with Gasteiger partial charge in [-0.1, -0.05) is 67.6 Å². The second kappa shape index (κ2) is 8.00. The number of cyclic esters (lactones) is 1. The van der Waals surface area contributed by atoms with E-state index in [1.807, 2.05) is 67.6 Å². The second-order valence-corrected chi connectivity index (χ2v) is 6.41. The van der Waals surface area contributed by atoms with Crippen LogP contribution >= 0.6 is 0 Å². The van der Waals surface area contributed by atoms with Gasteiger partial charge in [-0.3, -0.25) is 4.79 Å². The summed E-state index contributed by atoms with van der Waals surface area (Å²) in [6, 6.07) is 19.1. The Morgan fingerprint density at radius 1 is 1.08 bits per heavy atom. The fourth-order valence-corrected chi connectivity index (χ4v) is 3.31. The van der Waals surface area contributed by atoms with Crippen LogP contribution in [0.15, 0.2) is 72.0 Å². The van der Waals surface area contributed by atoms with E-state index in [2.05, 4.69) is 0 Å². The zero-order valence-corrected chi connectivity index (χ0v) is 14.7. The van der Waals surface area contributed by atoms with Gasteiger partial charge >= 0.3 is 5.97 Å². The van der Waals surface area contributed by atoms with Gasteiger partial charge in [-0.2, -0.15) is 0 Å². The summed E-state index contributed by atoms with van der Waals surface area (Å²) < 4.78 is 5.28. The van der Waals surface area contributed by atoms with E-state index in [0.717, 1.165) is 11.1 Å². The Kier molecular flexibility index (Phi) is 5.52. The van der Waals surface area contributed by atoms with E-state index < -0.39 is 18.0 Å². The van der Waals surface area contributed by atoms with Gasteiger partial charge in [0.25, 0.3) is 0 Å². The summed E-state index contributed by atoms with van der Waals surface area (Å²) in [5, 5.41) is 10.5. The van der Waals surface area contributed by atoms with Crippen molar-refractivity contribution in [1.82, 2.24) is 0 Å². The molecule has 2 unspecified atom stereocenters. The summed E-state index contributed by atoms with van der Waals surface area (Å²) in [7, 11) is 0. The van der Waals surface area contributed by atoms with Crippen molar-refractivity contribution in [2.24, 2.45) is 0 Å². The maximum Gasteiger partial charge on any atom is 0.346 e. The molecule has 4 nitrogen and oxygen atoms in total. The smallest absolute Gasteiger partial charge is 0.346 e. The number of hydrogen-bond donors (Lipinski definition) is 1. The number of carbonyl (C=O) groups excluding carboxylic acids is 2. The van der Waals surface area contributed by atoms with Gasteiger partial charge in [-0.05, 0) is 30.4 Å². The molecule has 0 saturated carbocycles. The predicted molar refractivity (Wildman–Crippen MR) is 98.8 cm³/mol. The number of aliphatic hydroxyl groups is 1. The third kappa shape index (κ3) is 3.69. The average molecular weight is 350 g/mol. The summed E-state index contributed by atoms with van der Waals surface area (Å²) in [6.45, 7) is 1.89. The fraction of sp³-hybridized carbons (Fsp3) is 0.273. The summed E-state index contributed by atoms with van der Waals surface area (Å²) in [6.07, 6.45) is 0.886. The van der Waals surface area contributed by atoms with Crippen LogP contribution in [0.2, 0.25) is 0 Å². The molecule has 0 spiro atoms. The zero-order chi connectivity index (χ0) is 18.5. The van der Waals surface area contributed by atoms with Crippen LogP contribution in [0.1, 0.15) is 36.8 Å². The van der Waals surface area contributed by atoms with Crippen LogP contribution in [0.25, 0.3) is 0 Å². The van der Waals surface area contributed by atoms with Gasteiger partial charge < -0.3 is 9.84 Å². The molecule has 2 aromatic carbocycles. The highest BCUT2D eigenvalue weighted by molar-refractivity contribution is 6.21. The highest BCUT2D eigenvalue weighted by Crippen LogP contribution is 2.31. The maximum atomic E-state index is 12.9. The first-order chi connectivity index (χ1) is 12.6. The fourth-order valence-electron chi connectivity index (χ4n) is 3.31. The van der Waals surface area contributed by atoms with Crippen LogP contribution in [0.5, 0.6) is 0 Å². The summed E-state index contributed by atoms with van der Waals surface area (Å²) >= 11 is 0. The topological polar surface area (TPSA) is 63.6 Å². The molecule has 1 heterocycles. The lowest BCUT2D eigenvalue weighted by Gasteiger charge is -2.13. The Hall–Kier alpha value is -2.88. The molecule has 26 heavy (non-hydrogen) atoms. The molecule has 0 fully saturated rings. The van der Waals surface area contributed by atoms with E-state index >= 15 is 0 Å². The molecule has 0 aliphatic carbocycles. The van der Waals surface area contributed by atoms with Crippen LogP contribution in [0.3, 0.4) is 0 Å². The molecule has 2 aromatic rings. The molecule has 4 heteroatoms. The monoisotopic (exact) mass is 350 g/mol. The number of ether oxygens (including phenoxy) is 1. The highest BCUT2D eigenvalue weighted by Gasteiger charge is 2.40. The minimum absolute atomic E-state index is 0.196. The Bertz CT molecular complexity index is 809. The van der Waals surface area contributed by atoms with Gasteiger partial charge in [0.1, 0.15) is 5.57 Å². The van der Waals surface area contributed by atoms with Crippen molar-refractivity contribution in [2.75, 3.05) is 0 Å². The zero-order valence-electron chi connectivity index (χ0n) is 14.7. The van der Waals surface area contributed by atoms with Gasteiger partial charge in [0, 0.05) is 5.92 Å². The van der Waals surface area contributed by atoms with Crippen molar-refractivity contribution in [3.63, 3.8) is 0 Å². The number of esters is 1. The quantitative estimate of drug-likeness (QED) is 0.603. The largest absolute Gasteiger partial charge is 0.507 e. The van der Waals surface area contributed by atoms with Gasteiger partial charge in [0.05, 0.1) is 0 Å². The van der Waals surface area contributed by atoms with Gasteiger partial charge in [-0.15, -0.1) is 0 Å². The van der Waals surface area contributed by atoms with Gasteiger partial charge in [-0.25, -0.2) is 4.79 Å². The first-order valence-electron chi connectivity index (χ1n) is 8.89. The first-order valence-corrected chi connectivity index (χ1v) is 8.89. The van der Waals surface area contributed by atoms with Crippen molar-refractivity contribution >= 4 is 11.8 Å². The van der Waals surface area contributed by atoms with Crippen molar-refractivity contribution < 1.29 is 19.4 Å². The van der Waals surface area contributed by atoms with Crippen LogP contribution in [0.4, 0.5) is 0 Å². The standard InChI is InChI=1S/C22H22O4/c1-2-17(16-11-7-4-8-12-16)20(23)19-21(24)18(26-22(19)25)14-13-15-9-5-3-6-10-15/h3-12,17-18,24H,2,13-14H2,1H3. The minimum Gasteiger partial charge on any atom is -0.507 e. The molecule has 2 atom stereocenters. The Morgan fingerprint density at radius 2 is 1.69 bits per heavy atom. The molecule has 0 bridgehead atoms. The molecule has 1 aliphatic heterocycles. The Labute approximate surface area is 153 Å². The van der Waals surface area contributed by atoms with E-state index in [-0.39, 0.29) is 17.1 Å². The molecule has 0 aromatic heterocycles. The maximum absolute atomic E-state index is 12.9. The minimum atomic E-state index is -0.755. The van der Waals surface area contributed by atoms with Crippen molar-refractivity contribution in [3.05, 3.63) is 83.1 Å². The molecular weight excluding hydrogens is 328 g/mol. The summed E-state index contributed by atoms with van der Waals surface area (Å²) in [4.78, 5) is 25.1. The molecule has 134 valence electrons. The van der Waals surface area contributed by atoms with Crippen LogP contribution in [-0.4, -0.2) is 23.0 Å². The number of benzene rings is 2. The van der Waals surface area contributed by atoms with Gasteiger partial charge in [0.15, 0.2) is 17.6 Å². The number of rotatable bonds is 7. The molecule has 0 amide bonds. The molecule has 1 N–H and O–H groups in total. The molecular formula is C22H22O4. The lowest BCUT2D eigenvalue weighted by Crippen LogP contribution is -2.19. The molecule has 0 radical (unpaired) electrons. The number of Topliss-reactive ketones (excluding diaryl/α,β-unsaturated/α-hetero) is 1. The lowest BCUT2D eigenvalue weighted by molar-refractivity contribution is -0.141. The van der Waals surface area contributed by atoms with E-state index in [1.54, 1.807) is 0 Å². The predicted octanol–water partition coefficient (Wildman–Crippen LogP) is 4.12. The summed E-state index contributed by atoms with van der Waals surface area (Å²) in [5.74, 6) is -1.79. The summed E-state index contributed by atoms with van der Waals surface area (Å²) in [5.41, 5.74) is 1.73. The molecule has 3 rings (SSSR count). The molecule has 1 aliphatic rings. The average Bonchev–Trinajstić information content (AvgIpc) is 2.95. The number of ketones is 1. The Balaban J connectivity index is 1.78. The van der Waals surface area contributed by atoms with E-state index in [4.69, 9.17) is 4.74 Å². The van der Waals surface area contributed by atoms with Gasteiger partial charge in [0.2, 0.25) is 0 Å². The van der Waals surface area contributed by atoms with Crippen LogP contribution in [0, 0.1) is 0 Å². The highest BCUT2D eigenvalue weighted by atomic mass is 16.6. The number of aliphatic hydroxyl groups excluding tert-OH is 1. The third-order valence-corrected chi connectivity index (χ3v) is 4.73. The third-order valence-electron chi connectivity index (χ3n) is 4.73. The van der Waals surface area contributed by atoms with Crippen molar-refractivity contribution in [2.45, 2.75) is 38.2 Å². The van der Waals surface area contributed by atoms with Crippen LogP contribution < -0.4 is 0 Å². The van der Waals surface area contributed by atoms with Crippen molar-refractivity contribution in [3.8, 4) is 0 Å². The Morgan fingerprint density at radius 3 is 2.31 bits per heavy atom. The normalized spacial score (nSPS) is 17.9. The van der Waals surface area contributed by atoms with E-state index in [0.29, 0.717) is 19.3 Å². The van der Waals surface area contributed by atoms with E-state index in [1.165, 1.54) is 0 Å². The SMILES string of the molecule is CCC(C(=O)C1=C(O)C(CCc2ccccc2)OC1=O)c1ccccc1. The second-order valence-electron chi connectivity index (χ2n) is 6.41. The number of aryl methyl sites for hydroxylation is 1. The van der Waals surface area contributed by atoms with Crippen molar-refractivity contribution in [1.29, 1.82) is 0 Å². The van der Waals surface area contributed by atoms with E-state index in [9.17, 15) is 14.7 Å². The molecule has 0 saturated heterocycles. The first kappa shape index (κ1) is 17.9. The number of carbonyl (C=O) groups is 2. The lowest BCUT2D eigenvalue weighted by atomic mass is 9.88. The number of hydrogen-bond acceptors (Lipinski definition) is 4. The van der Waals surface area contributed by atoms with Crippen LogP contribution in [-0.2, 0) is 20.7 Å².